The number of nitrogens with one attached hydrogen (secondary N) is 1. The smallest absolute Gasteiger partial charge is 0.387 e. The fourth-order valence-corrected chi connectivity index (χ4v) is 3.57. The summed E-state index contributed by atoms with van der Waals surface area (Å²) in [4.78, 5) is 8.44. The lowest BCUT2D eigenvalue weighted by molar-refractivity contribution is -0.0499. The molecule has 3 rings (SSSR count). The Morgan fingerprint density at radius 2 is 1.91 bits per heavy atom. The summed E-state index contributed by atoms with van der Waals surface area (Å²) in [7, 11) is 1.71. The van der Waals surface area contributed by atoms with Crippen molar-refractivity contribution in [3.8, 4) is 17.6 Å². The minimum absolute atomic E-state index is 0.0507. The lowest BCUT2D eigenvalue weighted by Crippen LogP contribution is -2.19. The number of aromatic nitrogens is 2. The van der Waals surface area contributed by atoms with Crippen LogP contribution in [-0.2, 0) is 12.0 Å². The van der Waals surface area contributed by atoms with E-state index in [0.717, 1.165) is 5.56 Å². The molecule has 34 heavy (non-hydrogen) atoms. The number of nitrogens with zero attached hydrogens (tertiary/aromatic N) is 4. The molecule has 0 aliphatic rings. The number of halogens is 3. The van der Waals surface area contributed by atoms with E-state index in [4.69, 9.17) is 16.3 Å². The molecule has 1 N–H and O–H groups in total. The van der Waals surface area contributed by atoms with E-state index in [0.29, 0.717) is 23.0 Å². The largest absolute Gasteiger partial charge is 0.487 e. The van der Waals surface area contributed by atoms with Crippen molar-refractivity contribution in [1.82, 2.24) is 14.4 Å². The number of anilines is 1. The van der Waals surface area contributed by atoms with Crippen molar-refractivity contribution in [3.63, 3.8) is 0 Å². The van der Waals surface area contributed by atoms with Gasteiger partial charge in [0.1, 0.15) is 18.4 Å². The van der Waals surface area contributed by atoms with Crippen molar-refractivity contribution in [2.24, 2.45) is 0 Å². The number of ether oxygens (including phenoxy) is 2. The number of nitriles is 1. The molecular formula is C23H22ClF2N5O2S. The summed E-state index contributed by atoms with van der Waals surface area (Å²) < 4.78 is 37.0. The van der Waals surface area contributed by atoms with E-state index in [1.165, 1.54) is 16.5 Å². The van der Waals surface area contributed by atoms with Crippen molar-refractivity contribution in [2.45, 2.75) is 32.5 Å². The van der Waals surface area contributed by atoms with Gasteiger partial charge in [0.25, 0.3) is 0 Å². The fraction of sp³-hybridized carbons (Fsp3) is 0.261. The number of hydrogen-bond acceptors (Lipinski definition) is 8. The van der Waals surface area contributed by atoms with Gasteiger partial charge < -0.3 is 9.47 Å². The van der Waals surface area contributed by atoms with Gasteiger partial charge in [-0.05, 0) is 41.5 Å². The minimum Gasteiger partial charge on any atom is -0.487 e. The molecule has 0 aliphatic heterocycles. The molecule has 0 saturated heterocycles. The van der Waals surface area contributed by atoms with Gasteiger partial charge >= 0.3 is 6.61 Å². The molecule has 0 unspecified atom stereocenters. The summed E-state index contributed by atoms with van der Waals surface area (Å²) in [6.45, 7) is 1.04. The zero-order valence-corrected chi connectivity index (χ0v) is 20.2. The maximum absolute atomic E-state index is 12.7. The summed E-state index contributed by atoms with van der Waals surface area (Å²) >= 11 is 10.3. The van der Waals surface area contributed by atoms with Gasteiger partial charge in [-0.3, -0.25) is 5.43 Å². The first-order valence-electron chi connectivity index (χ1n) is 10.0. The van der Waals surface area contributed by atoms with Crippen LogP contribution in [0.15, 0.2) is 48.7 Å². The zero-order valence-electron chi connectivity index (χ0n) is 18.6. The molecule has 0 bridgehead atoms. The number of hydrogen-bond donors (Lipinski definition) is 2. The molecule has 2 aromatic carbocycles. The Labute approximate surface area is 206 Å². The third kappa shape index (κ3) is 6.26. The van der Waals surface area contributed by atoms with Crippen LogP contribution in [0, 0.1) is 11.3 Å². The van der Waals surface area contributed by atoms with Crippen molar-refractivity contribution in [2.75, 3.05) is 12.5 Å². The highest BCUT2D eigenvalue weighted by molar-refractivity contribution is 7.77. The van der Waals surface area contributed by atoms with Crippen molar-refractivity contribution < 1.29 is 18.3 Å². The summed E-state index contributed by atoms with van der Waals surface area (Å²) in [6.07, 6.45) is 1.62. The number of alkyl halides is 2. The highest BCUT2D eigenvalue weighted by Gasteiger charge is 2.26. The Bertz CT molecular complexity index is 1190. The van der Waals surface area contributed by atoms with E-state index in [9.17, 15) is 14.0 Å². The number of thiol groups is 1. The Balaban J connectivity index is 1.76. The van der Waals surface area contributed by atoms with Gasteiger partial charge in [0.2, 0.25) is 5.95 Å². The fourth-order valence-electron chi connectivity index (χ4n) is 3.21. The van der Waals surface area contributed by atoms with Crippen LogP contribution in [0.1, 0.15) is 36.2 Å². The van der Waals surface area contributed by atoms with Gasteiger partial charge in [-0.25, -0.2) is 9.97 Å². The molecule has 7 nitrogen and oxygen atoms in total. The average molecular weight is 506 g/mol. The maximum atomic E-state index is 12.7. The second kappa shape index (κ2) is 10.9. The maximum Gasteiger partial charge on any atom is 0.387 e. The molecule has 0 amide bonds. The number of hydrazine groups is 1. The average Bonchev–Trinajstić information content (AvgIpc) is 2.78. The van der Waals surface area contributed by atoms with Crippen molar-refractivity contribution in [3.05, 3.63) is 76.1 Å². The first kappa shape index (κ1) is 25.5. The van der Waals surface area contributed by atoms with E-state index in [1.807, 2.05) is 44.2 Å². The standard InChI is InChI=1S/C23H22ClF2N5O2S/c1-23(2,16-10-14(12-27)20(19(24)11-16)33-21(25)26)15-4-6-18(7-5-15)32-13-17-8-9-28-22(29-17)30-31(3)34/h4-11,21,34H,13H2,1-3H3,(H,28,29,30). The molecule has 0 fully saturated rings. The highest BCUT2D eigenvalue weighted by Crippen LogP contribution is 2.39. The SMILES string of the molecule is CN(S)Nc1nccc(COc2ccc(C(C)(C)c3cc(Cl)c(OC(F)F)c(C#N)c3)cc2)n1. The molecule has 178 valence electrons. The van der Waals surface area contributed by atoms with Crippen molar-refractivity contribution in [1.29, 1.82) is 5.26 Å². The highest BCUT2D eigenvalue weighted by atomic mass is 35.5. The van der Waals surface area contributed by atoms with Gasteiger partial charge in [-0.1, -0.05) is 50.4 Å². The predicted molar refractivity (Wildman–Crippen MR) is 128 cm³/mol. The summed E-state index contributed by atoms with van der Waals surface area (Å²) in [5, 5.41) is 9.35. The Morgan fingerprint density at radius 3 is 2.53 bits per heavy atom. The van der Waals surface area contributed by atoms with E-state index in [-0.39, 0.29) is 22.9 Å². The Kier molecular flexibility index (Phi) is 8.15. The third-order valence-electron chi connectivity index (χ3n) is 5.03. The van der Waals surface area contributed by atoms with Crippen LogP contribution in [0.3, 0.4) is 0 Å². The monoisotopic (exact) mass is 505 g/mol. The molecular weight excluding hydrogens is 484 g/mol. The Morgan fingerprint density at radius 1 is 1.21 bits per heavy atom. The number of rotatable bonds is 9. The summed E-state index contributed by atoms with van der Waals surface area (Å²) in [5.41, 5.74) is 4.49. The number of benzene rings is 2. The molecule has 1 aromatic heterocycles. The van der Waals surface area contributed by atoms with Crippen LogP contribution < -0.4 is 14.9 Å². The predicted octanol–water partition coefficient (Wildman–Crippen LogP) is 5.61. The molecule has 0 saturated carbocycles. The van der Waals surface area contributed by atoms with Crippen LogP contribution in [0.4, 0.5) is 14.7 Å². The zero-order chi connectivity index (χ0) is 24.9. The van der Waals surface area contributed by atoms with Crippen LogP contribution in [0.5, 0.6) is 11.5 Å². The van der Waals surface area contributed by atoms with E-state index >= 15 is 0 Å². The molecule has 0 radical (unpaired) electrons. The van der Waals surface area contributed by atoms with Crippen molar-refractivity contribution >= 4 is 30.4 Å². The van der Waals surface area contributed by atoms with Gasteiger partial charge in [0, 0.05) is 18.7 Å². The van der Waals surface area contributed by atoms with Gasteiger partial charge in [0.05, 0.1) is 16.3 Å². The molecule has 0 aliphatic carbocycles. The molecule has 1 heterocycles. The first-order chi connectivity index (χ1) is 16.1. The molecule has 3 aromatic rings. The van der Waals surface area contributed by atoms with Crippen LogP contribution in [0.2, 0.25) is 5.02 Å². The van der Waals surface area contributed by atoms with Crippen LogP contribution >= 0.6 is 24.4 Å². The van der Waals surface area contributed by atoms with E-state index in [1.54, 1.807) is 19.3 Å². The molecule has 0 atom stereocenters. The Hall–Kier alpha value is -3.13. The van der Waals surface area contributed by atoms with Gasteiger partial charge in [0.15, 0.2) is 5.75 Å². The minimum atomic E-state index is -3.08. The van der Waals surface area contributed by atoms with Gasteiger partial charge in [-0.15, -0.1) is 0 Å². The topological polar surface area (TPSA) is 83.3 Å². The second-order valence-corrected chi connectivity index (χ2v) is 8.78. The lowest BCUT2D eigenvalue weighted by Gasteiger charge is -2.27. The third-order valence-corrected chi connectivity index (χ3v) is 5.41. The lowest BCUT2D eigenvalue weighted by atomic mass is 9.77. The van der Waals surface area contributed by atoms with Crippen LogP contribution in [-0.4, -0.2) is 28.0 Å². The summed E-state index contributed by atoms with van der Waals surface area (Å²) in [5.74, 6) is 0.707. The molecule has 11 heteroatoms. The normalized spacial score (nSPS) is 11.4. The van der Waals surface area contributed by atoms with Gasteiger partial charge in [-0.2, -0.15) is 18.5 Å². The van der Waals surface area contributed by atoms with E-state index in [2.05, 4.69) is 32.9 Å². The first-order valence-corrected chi connectivity index (χ1v) is 10.8. The van der Waals surface area contributed by atoms with Crippen LogP contribution in [0.25, 0.3) is 0 Å². The summed E-state index contributed by atoms with van der Waals surface area (Å²) in [6, 6.07) is 14.1. The second-order valence-electron chi connectivity index (χ2n) is 7.77. The molecule has 0 spiro atoms. The van der Waals surface area contributed by atoms with E-state index < -0.39 is 12.0 Å². The quantitative estimate of drug-likeness (QED) is 0.289.